The number of nitrogens with zero attached hydrogens (tertiary/aromatic N) is 3. The molecule has 1 atom stereocenters. The highest BCUT2D eigenvalue weighted by atomic mass is 35.5. The normalized spacial score (nSPS) is 20.2. The minimum Gasteiger partial charge on any atom is -0.497 e. The van der Waals surface area contributed by atoms with Crippen molar-refractivity contribution in [3.63, 3.8) is 0 Å². The van der Waals surface area contributed by atoms with Crippen LogP contribution in [0, 0.1) is 17.8 Å². The van der Waals surface area contributed by atoms with Gasteiger partial charge in [0.2, 0.25) is 0 Å². The van der Waals surface area contributed by atoms with E-state index in [-0.39, 0.29) is 17.7 Å². The van der Waals surface area contributed by atoms with E-state index in [4.69, 9.17) is 16.3 Å². The summed E-state index contributed by atoms with van der Waals surface area (Å²) in [6.07, 6.45) is 7.18. The van der Waals surface area contributed by atoms with E-state index in [0.29, 0.717) is 46.8 Å². The van der Waals surface area contributed by atoms with E-state index in [1.165, 1.54) is 6.42 Å². The molecule has 1 aliphatic carbocycles. The maximum atomic E-state index is 13.7. The molecule has 0 aromatic heterocycles. The van der Waals surface area contributed by atoms with E-state index < -0.39 is 5.60 Å². The molecule has 2 heterocycles. The van der Waals surface area contributed by atoms with Crippen LogP contribution in [0.5, 0.6) is 5.75 Å². The number of methoxy groups -OCH3 is 1. The Morgan fingerprint density at radius 1 is 0.975 bits per heavy atom. The van der Waals surface area contributed by atoms with Crippen LogP contribution in [0.2, 0.25) is 5.02 Å². The zero-order valence-corrected chi connectivity index (χ0v) is 24.7. The van der Waals surface area contributed by atoms with Gasteiger partial charge in [0.25, 0.3) is 11.8 Å². The van der Waals surface area contributed by atoms with Gasteiger partial charge >= 0.3 is 0 Å². The van der Waals surface area contributed by atoms with Crippen molar-refractivity contribution >= 4 is 29.1 Å². The lowest BCUT2D eigenvalue weighted by atomic mass is 9.81. The third-order valence-electron chi connectivity index (χ3n) is 9.14. The topological polar surface area (TPSA) is 73.3 Å². The Kier molecular flexibility index (Phi) is 8.62. The third kappa shape index (κ3) is 5.96. The highest BCUT2D eigenvalue weighted by Gasteiger charge is 2.52. The van der Waals surface area contributed by atoms with Gasteiger partial charge in [-0.3, -0.25) is 9.59 Å². The number of likely N-dealkylation sites (tertiary alicyclic amines) is 1. The summed E-state index contributed by atoms with van der Waals surface area (Å²) in [5.74, 6) is 1.70. The van der Waals surface area contributed by atoms with E-state index in [1.807, 2.05) is 41.3 Å². The predicted octanol–water partition coefficient (Wildman–Crippen LogP) is 5.19. The highest BCUT2D eigenvalue weighted by molar-refractivity contribution is 6.34. The molecule has 2 aromatic rings. The molecule has 1 N–H and O–H groups in total. The number of aliphatic hydroxyl groups is 1. The first-order valence-electron chi connectivity index (χ1n) is 14.6. The fourth-order valence-electron chi connectivity index (χ4n) is 6.52. The largest absolute Gasteiger partial charge is 0.497 e. The van der Waals surface area contributed by atoms with E-state index in [0.717, 1.165) is 57.3 Å². The van der Waals surface area contributed by atoms with Crippen LogP contribution in [-0.4, -0.2) is 74.1 Å². The van der Waals surface area contributed by atoms with E-state index in [2.05, 4.69) is 4.90 Å². The molecule has 2 aromatic carbocycles. The van der Waals surface area contributed by atoms with Crippen LogP contribution in [0.15, 0.2) is 42.5 Å². The number of rotatable bonds is 8. The SMILES string of the molecule is COc1cccc(C(O)(C(=O)N2CCC(CC3CCN(c4ccc(C(=O)N(C)C)c(Cl)c4)CC3)CC2)C2CC2)c1. The lowest BCUT2D eigenvalue weighted by Crippen LogP contribution is -2.51. The van der Waals surface area contributed by atoms with Gasteiger partial charge in [0.15, 0.2) is 5.60 Å². The molecule has 0 spiro atoms. The number of benzene rings is 2. The van der Waals surface area contributed by atoms with Crippen LogP contribution >= 0.6 is 11.6 Å². The molecule has 3 fully saturated rings. The van der Waals surface area contributed by atoms with Crippen molar-refractivity contribution in [1.29, 1.82) is 0 Å². The summed E-state index contributed by atoms with van der Waals surface area (Å²) in [6, 6.07) is 13.1. The summed E-state index contributed by atoms with van der Waals surface area (Å²) in [6.45, 7) is 3.37. The summed E-state index contributed by atoms with van der Waals surface area (Å²) in [4.78, 5) is 31.8. The first kappa shape index (κ1) is 28.7. The van der Waals surface area contributed by atoms with E-state index in [9.17, 15) is 14.7 Å². The molecule has 1 unspecified atom stereocenters. The molecule has 7 nitrogen and oxygen atoms in total. The number of ether oxygens (including phenoxy) is 1. The maximum absolute atomic E-state index is 13.7. The zero-order chi connectivity index (χ0) is 28.4. The third-order valence-corrected chi connectivity index (χ3v) is 9.45. The first-order chi connectivity index (χ1) is 19.2. The molecule has 3 aliphatic rings. The number of amides is 2. The molecule has 1 saturated carbocycles. The fraction of sp³-hybridized carbons (Fsp3) is 0.562. The van der Waals surface area contributed by atoms with Gasteiger partial charge in [-0.2, -0.15) is 0 Å². The smallest absolute Gasteiger partial charge is 0.259 e. The molecule has 2 amide bonds. The van der Waals surface area contributed by atoms with Gasteiger partial charge in [0, 0.05) is 51.9 Å². The monoisotopic (exact) mass is 567 g/mol. The van der Waals surface area contributed by atoms with Gasteiger partial charge in [-0.05, 0) is 92.7 Å². The first-order valence-corrected chi connectivity index (χ1v) is 15.0. The van der Waals surface area contributed by atoms with Crippen LogP contribution in [-0.2, 0) is 10.4 Å². The van der Waals surface area contributed by atoms with Crippen LogP contribution < -0.4 is 9.64 Å². The number of anilines is 1. The summed E-state index contributed by atoms with van der Waals surface area (Å²) in [5, 5.41) is 12.2. The van der Waals surface area contributed by atoms with Crippen molar-refractivity contribution in [2.45, 2.75) is 50.5 Å². The molecule has 216 valence electrons. The van der Waals surface area contributed by atoms with Crippen LogP contribution in [0.1, 0.15) is 60.9 Å². The van der Waals surface area contributed by atoms with Crippen molar-refractivity contribution < 1.29 is 19.4 Å². The molecule has 2 saturated heterocycles. The van der Waals surface area contributed by atoms with E-state index >= 15 is 0 Å². The zero-order valence-electron chi connectivity index (χ0n) is 23.9. The van der Waals surface area contributed by atoms with Gasteiger partial charge in [0.1, 0.15) is 5.75 Å². The van der Waals surface area contributed by atoms with Gasteiger partial charge in [-0.1, -0.05) is 23.7 Å². The minimum absolute atomic E-state index is 0.0189. The van der Waals surface area contributed by atoms with Crippen molar-refractivity contribution in [3.8, 4) is 5.75 Å². The lowest BCUT2D eigenvalue weighted by molar-refractivity contribution is -0.156. The van der Waals surface area contributed by atoms with Crippen molar-refractivity contribution in [1.82, 2.24) is 9.80 Å². The second-order valence-electron chi connectivity index (χ2n) is 12.0. The predicted molar refractivity (Wildman–Crippen MR) is 158 cm³/mol. The van der Waals surface area contributed by atoms with Crippen LogP contribution in [0.3, 0.4) is 0 Å². The summed E-state index contributed by atoms with van der Waals surface area (Å²) < 4.78 is 5.36. The average Bonchev–Trinajstić information content (AvgIpc) is 3.83. The standard InChI is InChI=1S/C32H42ClN3O4/c1-34(2)30(37)28-10-9-26(21-29(28)33)35-15-11-22(12-16-35)19-23-13-17-36(18-14-23)31(38)32(39,24-7-8-24)25-5-4-6-27(20-25)40-3/h4-6,9-10,20-24,39H,7-8,11-19H2,1-3H3. The molecular formula is C32H42ClN3O4. The van der Waals surface area contributed by atoms with Gasteiger partial charge in [-0.25, -0.2) is 0 Å². The number of carbonyl (C=O) groups excluding carboxylic acids is 2. The molecule has 0 bridgehead atoms. The second kappa shape index (κ2) is 12.0. The van der Waals surface area contributed by atoms with E-state index in [1.54, 1.807) is 32.2 Å². The van der Waals surface area contributed by atoms with Crippen molar-refractivity contribution in [2.24, 2.45) is 17.8 Å². The van der Waals surface area contributed by atoms with Gasteiger partial charge < -0.3 is 24.5 Å². The Morgan fingerprint density at radius 3 is 2.20 bits per heavy atom. The average molecular weight is 568 g/mol. The second-order valence-corrected chi connectivity index (χ2v) is 12.4. The molecule has 0 radical (unpaired) electrons. The summed E-state index contributed by atoms with van der Waals surface area (Å²) >= 11 is 6.45. The Morgan fingerprint density at radius 2 is 1.62 bits per heavy atom. The van der Waals surface area contributed by atoms with Crippen molar-refractivity contribution in [2.75, 3.05) is 52.3 Å². The fourth-order valence-corrected chi connectivity index (χ4v) is 6.78. The molecular weight excluding hydrogens is 526 g/mol. The van der Waals surface area contributed by atoms with Crippen LogP contribution in [0.4, 0.5) is 5.69 Å². The van der Waals surface area contributed by atoms with Crippen LogP contribution in [0.25, 0.3) is 0 Å². The lowest BCUT2D eigenvalue weighted by Gasteiger charge is -2.40. The number of carbonyl (C=O) groups is 2. The summed E-state index contributed by atoms with van der Waals surface area (Å²) in [7, 11) is 5.07. The molecule has 40 heavy (non-hydrogen) atoms. The number of hydrogen-bond donors (Lipinski definition) is 1. The minimum atomic E-state index is -1.46. The summed E-state index contributed by atoms with van der Waals surface area (Å²) in [5.41, 5.74) is 0.794. The van der Waals surface area contributed by atoms with Crippen molar-refractivity contribution in [3.05, 3.63) is 58.6 Å². The number of piperidine rings is 2. The number of halogens is 1. The number of hydrogen-bond acceptors (Lipinski definition) is 5. The van der Waals surface area contributed by atoms with Gasteiger partial charge in [-0.15, -0.1) is 0 Å². The Hall–Kier alpha value is -2.77. The molecule has 8 heteroatoms. The quantitative estimate of drug-likeness (QED) is 0.475. The Labute approximate surface area is 243 Å². The molecule has 2 aliphatic heterocycles. The van der Waals surface area contributed by atoms with Gasteiger partial charge in [0.05, 0.1) is 17.7 Å². The Bertz CT molecular complexity index is 1220. The highest BCUT2D eigenvalue weighted by Crippen LogP contribution is 2.48. The maximum Gasteiger partial charge on any atom is 0.259 e. The Balaban J connectivity index is 1.12. The molecule has 5 rings (SSSR count).